The molecule has 0 unspecified atom stereocenters. The predicted octanol–water partition coefficient (Wildman–Crippen LogP) is 3.85. The first-order chi connectivity index (χ1) is 5.58. The molecule has 0 bridgehead atoms. The van der Waals surface area contributed by atoms with Crippen molar-refractivity contribution in [2.45, 2.75) is 25.5 Å². The van der Waals surface area contributed by atoms with Gasteiger partial charge in [-0.1, -0.05) is 37.4 Å². The van der Waals surface area contributed by atoms with Gasteiger partial charge in [-0.25, -0.2) is 0 Å². The fraction of sp³-hybridized carbons (Fsp3) is 0.556. The molecule has 0 saturated heterocycles. The maximum absolute atomic E-state index is 13.1. The summed E-state index contributed by atoms with van der Waals surface area (Å²) in [6, 6.07) is 0. The summed E-state index contributed by atoms with van der Waals surface area (Å²) in [7, 11) is 0. The number of alkyl halides is 2. The number of thioether (sulfide) groups is 1. The average molecular weight is 192 g/mol. The molecule has 0 N–H and O–H groups in total. The van der Waals surface area contributed by atoms with Crippen molar-refractivity contribution in [1.29, 1.82) is 0 Å². The quantitative estimate of drug-likeness (QED) is 0.596. The van der Waals surface area contributed by atoms with Crippen LogP contribution in [0.15, 0.2) is 24.3 Å². The second-order valence-corrected chi connectivity index (χ2v) is 3.52. The number of allylic oxidation sites excluding steroid dienone is 2. The summed E-state index contributed by atoms with van der Waals surface area (Å²) in [6.45, 7) is 6.82. The van der Waals surface area contributed by atoms with Crippen LogP contribution in [0.3, 0.4) is 0 Å². The van der Waals surface area contributed by atoms with Crippen molar-refractivity contribution in [2.24, 2.45) is 0 Å². The highest BCUT2D eigenvalue weighted by Gasteiger charge is 2.31. The molecular weight excluding hydrogens is 178 g/mol. The lowest BCUT2D eigenvalue weighted by atomic mass is 10.2. The van der Waals surface area contributed by atoms with Gasteiger partial charge in [0.25, 0.3) is 0 Å². The Hall–Kier alpha value is -0.310. The van der Waals surface area contributed by atoms with Crippen molar-refractivity contribution in [3.05, 3.63) is 24.3 Å². The third-order valence-electron chi connectivity index (χ3n) is 1.35. The Balaban J connectivity index is 4.26. The Morgan fingerprint density at radius 2 is 2.17 bits per heavy atom. The van der Waals surface area contributed by atoms with Crippen molar-refractivity contribution in [1.82, 2.24) is 0 Å². The monoisotopic (exact) mass is 192 g/mol. The average Bonchev–Trinajstić information content (AvgIpc) is 2.03. The first-order valence-electron chi connectivity index (χ1n) is 3.89. The van der Waals surface area contributed by atoms with E-state index in [0.29, 0.717) is 17.5 Å². The van der Waals surface area contributed by atoms with Gasteiger partial charge in [0.1, 0.15) is 0 Å². The van der Waals surface area contributed by atoms with Gasteiger partial charge >= 0.3 is 5.25 Å². The minimum absolute atomic E-state index is 0.000880. The Bertz CT molecular complexity index is 173. The number of halogens is 2. The Labute approximate surface area is 76.7 Å². The van der Waals surface area contributed by atoms with Gasteiger partial charge in [-0.3, -0.25) is 0 Å². The molecule has 0 spiro atoms. The van der Waals surface area contributed by atoms with Crippen LogP contribution in [0.2, 0.25) is 0 Å². The van der Waals surface area contributed by atoms with Gasteiger partial charge < -0.3 is 0 Å². The Morgan fingerprint density at radius 3 is 2.50 bits per heavy atom. The SMILES string of the molecule is C=C/C(=C\C)C(F)(F)SCCC. The van der Waals surface area contributed by atoms with Crippen LogP contribution in [0.4, 0.5) is 8.78 Å². The normalized spacial score (nSPS) is 13.2. The molecule has 0 rings (SSSR count). The summed E-state index contributed by atoms with van der Waals surface area (Å²) in [5, 5.41) is -2.77. The summed E-state index contributed by atoms with van der Waals surface area (Å²) in [6.07, 6.45) is 3.37. The summed E-state index contributed by atoms with van der Waals surface area (Å²) in [5.41, 5.74) is 0.000880. The van der Waals surface area contributed by atoms with Gasteiger partial charge in [0.2, 0.25) is 0 Å². The van der Waals surface area contributed by atoms with Gasteiger partial charge in [-0.2, -0.15) is 8.78 Å². The number of rotatable bonds is 5. The number of hydrogen-bond acceptors (Lipinski definition) is 1. The molecule has 12 heavy (non-hydrogen) atoms. The van der Waals surface area contributed by atoms with Crippen LogP contribution < -0.4 is 0 Å². The van der Waals surface area contributed by atoms with E-state index in [0.717, 1.165) is 6.42 Å². The van der Waals surface area contributed by atoms with Crippen molar-refractivity contribution in [2.75, 3.05) is 5.75 Å². The van der Waals surface area contributed by atoms with Crippen LogP contribution in [0.25, 0.3) is 0 Å². The molecule has 0 amide bonds. The molecular formula is C9H14F2S. The van der Waals surface area contributed by atoms with E-state index in [1.54, 1.807) is 6.92 Å². The molecule has 0 aliphatic heterocycles. The number of hydrogen-bond donors (Lipinski definition) is 0. The van der Waals surface area contributed by atoms with E-state index in [1.165, 1.54) is 12.2 Å². The van der Waals surface area contributed by atoms with Gasteiger partial charge in [0, 0.05) is 5.57 Å². The van der Waals surface area contributed by atoms with Gasteiger partial charge in [-0.05, 0) is 19.1 Å². The minimum atomic E-state index is -2.77. The fourth-order valence-electron chi connectivity index (χ4n) is 0.718. The highest BCUT2D eigenvalue weighted by atomic mass is 32.2. The maximum Gasteiger partial charge on any atom is 0.318 e. The van der Waals surface area contributed by atoms with Crippen LogP contribution in [0, 0.1) is 0 Å². The van der Waals surface area contributed by atoms with Gasteiger partial charge in [-0.15, -0.1) is 0 Å². The predicted molar refractivity (Wildman–Crippen MR) is 51.7 cm³/mol. The Kier molecular flexibility index (Phi) is 5.22. The fourth-order valence-corrected chi connectivity index (χ4v) is 1.55. The first kappa shape index (κ1) is 11.7. The van der Waals surface area contributed by atoms with Crippen molar-refractivity contribution in [3.8, 4) is 0 Å². The van der Waals surface area contributed by atoms with E-state index < -0.39 is 5.25 Å². The van der Waals surface area contributed by atoms with E-state index in [2.05, 4.69) is 6.58 Å². The summed E-state index contributed by atoms with van der Waals surface area (Å²) in [5.74, 6) is 0.470. The standard InChI is InChI=1S/C9H14F2S/c1-4-7-12-9(10,11)8(5-2)6-3/h5-6H,2,4,7H2,1,3H3/b8-6+. The van der Waals surface area contributed by atoms with Crippen LogP contribution in [0.5, 0.6) is 0 Å². The third-order valence-corrected chi connectivity index (χ3v) is 2.57. The van der Waals surface area contributed by atoms with Crippen LogP contribution in [0.1, 0.15) is 20.3 Å². The van der Waals surface area contributed by atoms with Crippen LogP contribution in [-0.4, -0.2) is 11.0 Å². The highest BCUT2D eigenvalue weighted by Crippen LogP contribution is 2.36. The lowest BCUT2D eigenvalue weighted by molar-refractivity contribution is 0.152. The van der Waals surface area contributed by atoms with Crippen molar-refractivity contribution < 1.29 is 8.78 Å². The molecule has 0 atom stereocenters. The summed E-state index contributed by atoms with van der Waals surface area (Å²) >= 11 is 0.663. The topological polar surface area (TPSA) is 0 Å². The molecule has 0 saturated carbocycles. The van der Waals surface area contributed by atoms with E-state index in [4.69, 9.17) is 0 Å². The summed E-state index contributed by atoms with van der Waals surface area (Å²) < 4.78 is 26.2. The van der Waals surface area contributed by atoms with Crippen molar-refractivity contribution >= 4 is 11.8 Å². The molecule has 0 aromatic rings. The molecule has 0 aliphatic rings. The van der Waals surface area contributed by atoms with Crippen LogP contribution in [-0.2, 0) is 0 Å². The molecule has 0 aliphatic carbocycles. The molecule has 0 nitrogen and oxygen atoms in total. The smallest absolute Gasteiger partial charge is 0.189 e. The van der Waals surface area contributed by atoms with Gasteiger partial charge in [0.05, 0.1) is 0 Å². The second kappa shape index (κ2) is 5.36. The molecule has 0 fully saturated rings. The third kappa shape index (κ3) is 3.39. The zero-order valence-corrected chi connectivity index (χ0v) is 8.26. The lowest BCUT2D eigenvalue weighted by Gasteiger charge is -2.15. The highest BCUT2D eigenvalue weighted by molar-refractivity contribution is 8.00. The summed E-state index contributed by atoms with van der Waals surface area (Å²) in [4.78, 5) is 0. The molecule has 3 heteroatoms. The van der Waals surface area contributed by atoms with E-state index in [-0.39, 0.29) is 5.57 Å². The zero-order valence-electron chi connectivity index (χ0n) is 7.44. The second-order valence-electron chi connectivity index (χ2n) is 2.31. The zero-order chi connectivity index (χ0) is 9.61. The minimum Gasteiger partial charge on any atom is -0.189 e. The van der Waals surface area contributed by atoms with Gasteiger partial charge in [0.15, 0.2) is 0 Å². The molecule has 0 heterocycles. The molecule has 0 aromatic heterocycles. The molecule has 0 aromatic carbocycles. The Morgan fingerprint density at radius 1 is 1.58 bits per heavy atom. The molecule has 0 radical (unpaired) electrons. The van der Waals surface area contributed by atoms with E-state index in [9.17, 15) is 8.78 Å². The van der Waals surface area contributed by atoms with E-state index >= 15 is 0 Å². The van der Waals surface area contributed by atoms with Crippen LogP contribution >= 0.6 is 11.8 Å². The molecule has 70 valence electrons. The maximum atomic E-state index is 13.1. The van der Waals surface area contributed by atoms with E-state index in [1.807, 2.05) is 6.92 Å². The van der Waals surface area contributed by atoms with Crippen molar-refractivity contribution in [3.63, 3.8) is 0 Å². The largest absolute Gasteiger partial charge is 0.318 e. The lowest BCUT2D eigenvalue weighted by Crippen LogP contribution is -2.13. The first-order valence-corrected chi connectivity index (χ1v) is 4.88.